The van der Waals surface area contributed by atoms with Gasteiger partial charge in [-0.2, -0.15) is 9.30 Å². The Kier molecular flexibility index (Phi) is 7.03. The standard InChI is InChI=1S/C23H25Cl2N3O3S2/c1-4-28-21-19(25)10-17(24)11-20(21)32-23(28)26-22(29)16-5-7-18(8-6-16)33(30,31)27-12-14(2)9-15(3)13-27/h5-8,10-11,14-15H,4,9,12-13H2,1-3H3. The number of halogens is 2. The summed E-state index contributed by atoms with van der Waals surface area (Å²) in [5, 5.41) is 1.02. The van der Waals surface area contributed by atoms with Gasteiger partial charge >= 0.3 is 0 Å². The Morgan fingerprint density at radius 2 is 1.76 bits per heavy atom. The summed E-state index contributed by atoms with van der Waals surface area (Å²) in [6, 6.07) is 9.46. The number of sulfonamides is 1. The minimum absolute atomic E-state index is 0.187. The highest BCUT2D eigenvalue weighted by Crippen LogP contribution is 2.30. The third kappa shape index (κ3) is 4.91. The van der Waals surface area contributed by atoms with Gasteiger partial charge in [0.15, 0.2) is 4.80 Å². The molecule has 3 aromatic rings. The molecule has 0 radical (unpaired) electrons. The quantitative estimate of drug-likeness (QED) is 0.455. The Balaban J connectivity index is 1.64. The van der Waals surface area contributed by atoms with Crippen molar-refractivity contribution in [3.05, 3.63) is 56.8 Å². The lowest BCUT2D eigenvalue weighted by atomic mass is 9.94. The highest BCUT2D eigenvalue weighted by molar-refractivity contribution is 7.89. The van der Waals surface area contributed by atoms with Gasteiger partial charge in [0.25, 0.3) is 5.91 Å². The van der Waals surface area contributed by atoms with E-state index in [0.717, 1.165) is 16.6 Å². The number of aromatic nitrogens is 1. The average Bonchev–Trinajstić information content (AvgIpc) is 3.10. The number of hydrogen-bond acceptors (Lipinski definition) is 4. The van der Waals surface area contributed by atoms with Crippen molar-refractivity contribution in [1.82, 2.24) is 8.87 Å². The molecule has 4 rings (SSSR count). The second-order valence-corrected chi connectivity index (χ2v) is 12.4. The molecule has 1 aromatic heterocycles. The first kappa shape index (κ1) is 24.4. The van der Waals surface area contributed by atoms with E-state index in [9.17, 15) is 13.2 Å². The molecule has 1 fully saturated rings. The van der Waals surface area contributed by atoms with Crippen LogP contribution in [0, 0.1) is 11.8 Å². The van der Waals surface area contributed by atoms with Crippen molar-refractivity contribution >= 4 is 60.7 Å². The predicted molar refractivity (Wildman–Crippen MR) is 134 cm³/mol. The second-order valence-electron chi connectivity index (χ2n) is 8.57. The Bertz CT molecular complexity index is 1370. The van der Waals surface area contributed by atoms with Crippen LogP contribution in [0.15, 0.2) is 46.3 Å². The van der Waals surface area contributed by atoms with Crippen molar-refractivity contribution in [3.8, 4) is 0 Å². The molecular formula is C23H25Cl2N3O3S2. The molecule has 6 nitrogen and oxygen atoms in total. The van der Waals surface area contributed by atoms with E-state index < -0.39 is 15.9 Å². The molecule has 33 heavy (non-hydrogen) atoms. The number of fused-ring (bicyclic) bond motifs is 1. The minimum atomic E-state index is -3.60. The molecule has 176 valence electrons. The number of piperidine rings is 1. The Morgan fingerprint density at radius 3 is 2.36 bits per heavy atom. The fourth-order valence-corrected chi connectivity index (χ4v) is 7.93. The summed E-state index contributed by atoms with van der Waals surface area (Å²) < 4.78 is 30.4. The lowest BCUT2D eigenvalue weighted by molar-refractivity contribution is 0.0997. The van der Waals surface area contributed by atoms with Crippen LogP contribution in [0.1, 0.15) is 37.6 Å². The van der Waals surface area contributed by atoms with Crippen LogP contribution in [-0.4, -0.2) is 36.3 Å². The number of benzene rings is 2. The maximum Gasteiger partial charge on any atom is 0.279 e. The monoisotopic (exact) mass is 525 g/mol. The van der Waals surface area contributed by atoms with Gasteiger partial charge in [0, 0.05) is 30.2 Å². The summed E-state index contributed by atoms with van der Waals surface area (Å²) in [6.45, 7) is 7.69. The zero-order valence-electron chi connectivity index (χ0n) is 18.6. The largest absolute Gasteiger partial charge is 0.315 e. The van der Waals surface area contributed by atoms with Crippen molar-refractivity contribution in [2.45, 2.75) is 38.6 Å². The van der Waals surface area contributed by atoms with E-state index in [1.165, 1.54) is 35.6 Å². The van der Waals surface area contributed by atoms with Gasteiger partial charge in [-0.05, 0) is 61.6 Å². The molecule has 1 aliphatic heterocycles. The topological polar surface area (TPSA) is 71.7 Å². The molecule has 0 aliphatic carbocycles. The number of thiazole rings is 1. The van der Waals surface area contributed by atoms with Crippen LogP contribution in [-0.2, 0) is 16.6 Å². The van der Waals surface area contributed by atoms with Gasteiger partial charge in [0.2, 0.25) is 10.0 Å². The van der Waals surface area contributed by atoms with E-state index in [1.54, 1.807) is 16.4 Å². The smallest absolute Gasteiger partial charge is 0.279 e. The maximum atomic E-state index is 13.1. The Morgan fingerprint density at radius 1 is 1.12 bits per heavy atom. The van der Waals surface area contributed by atoms with E-state index in [-0.39, 0.29) is 4.90 Å². The molecule has 10 heteroatoms. The summed E-state index contributed by atoms with van der Waals surface area (Å²) in [6.07, 6.45) is 1.02. The van der Waals surface area contributed by atoms with Crippen LogP contribution >= 0.6 is 34.5 Å². The number of hydrogen-bond donors (Lipinski definition) is 0. The van der Waals surface area contributed by atoms with Gasteiger partial charge < -0.3 is 4.57 Å². The van der Waals surface area contributed by atoms with Crippen molar-refractivity contribution in [1.29, 1.82) is 0 Å². The molecule has 0 spiro atoms. The van der Waals surface area contributed by atoms with Gasteiger partial charge in [-0.25, -0.2) is 8.42 Å². The average molecular weight is 527 g/mol. The summed E-state index contributed by atoms with van der Waals surface area (Å²) in [4.78, 5) is 17.9. The van der Waals surface area contributed by atoms with Gasteiger partial charge in [-0.3, -0.25) is 4.79 Å². The van der Waals surface area contributed by atoms with Crippen LogP contribution in [0.4, 0.5) is 0 Å². The molecule has 2 atom stereocenters. The fourth-order valence-electron chi connectivity index (χ4n) is 4.38. The lowest BCUT2D eigenvalue weighted by Crippen LogP contribution is -2.42. The summed E-state index contributed by atoms with van der Waals surface area (Å²) in [7, 11) is -3.60. The number of carbonyl (C=O) groups is 1. The molecule has 2 unspecified atom stereocenters. The molecule has 0 saturated carbocycles. The molecule has 0 N–H and O–H groups in total. The maximum absolute atomic E-state index is 13.1. The number of amides is 1. The highest BCUT2D eigenvalue weighted by Gasteiger charge is 2.31. The van der Waals surface area contributed by atoms with Crippen molar-refractivity contribution < 1.29 is 13.2 Å². The number of nitrogens with zero attached hydrogens (tertiary/aromatic N) is 3. The zero-order valence-corrected chi connectivity index (χ0v) is 21.7. The first-order valence-corrected chi connectivity index (χ1v) is 13.8. The number of aryl methyl sites for hydroxylation is 1. The summed E-state index contributed by atoms with van der Waals surface area (Å²) >= 11 is 13.8. The number of rotatable bonds is 4. The van der Waals surface area contributed by atoms with E-state index in [0.29, 0.717) is 51.9 Å². The van der Waals surface area contributed by atoms with E-state index >= 15 is 0 Å². The van der Waals surface area contributed by atoms with Gasteiger partial charge in [-0.1, -0.05) is 48.4 Å². The number of carbonyl (C=O) groups excluding carboxylic acids is 1. The van der Waals surface area contributed by atoms with Gasteiger partial charge in [0.05, 0.1) is 20.1 Å². The molecule has 1 amide bonds. The molecule has 1 saturated heterocycles. The van der Waals surface area contributed by atoms with Crippen LogP contribution in [0.5, 0.6) is 0 Å². The first-order chi connectivity index (χ1) is 15.6. The molecular weight excluding hydrogens is 501 g/mol. The van der Waals surface area contributed by atoms with E-state index in [4.69, 9.17) is 23.2 Å². The minimum Gasteiger partial charge on any atom is -0.315 e. The predicted octanol–water partition coefficient (Wildman–Crippen LogP) is 5.44. The van der Waals surface area contributed by atoms with Crippen molar-refractivity contribution in [3.63, 3.8) is 0 Å². The zero-order chi connectivity index (χ0) is 23.9. The third-order valence-corrected chi connectivity index (χ3v) is 9.16. The van der Waals surface area contributed by atoms with Gasteiger partial charge in [-0.15, -0.1) is 0 Å². The van der Waals surface area contributed by atoms with Crippen LogP contribution in [0.3, 0.4) is 0 Å². The molecule has 2 heterocycles. The SMILES string of the molecule is CCn1c(=NC(=O)c2ccc(S(=O)(=O)N3CC(C)CC(C)C3)cc2)sc2cc(Cl)cc(Cl)c21. The van der Waals surface area contributed by atoms with Crippen molar-refractivity contribution in [2.24, 2.45) is 16.8 Å². The third-order valence-electron chi connectivity index (χ3n) is 5.78. The van der Waals surface area contributed by atoms with Crippen LogP contribution < -0.4 is 4.80 Å². The Hall–Kier alpha value is -1.71. The summed E-state index contributed by atoms with van der Waals surface area (Å²) in [5.41, 5.74) is 1.10. The fraction of sp³-hybridized carbons (Fsp3) is 0.391. The lowest BCUT2D eigenvalue weighted by Gasteiger charge is -2.34. The molecule has 1 aliphatic rings. The Labute approximate surface area is 207 Å². The first-order valence-electron chi connectivity index (χ1n) is 10.8. The van der Waals surface area contributed by atoms with Crippen molar-refractivity contribution in [2.75, 3.05) is 13.1 Å². The second kappa shape index (κ2) is 9.50. The highest BCUT2D eigenvalue weighted by atomic mass is 35.5. The van der Waals surface area contributed by atoms with E-state index in [1.807, 2.05) is 11.5 Å². The van der Waals surface area contributed by atoms with E-state index in [2.05, 4.69) is 18.8 Å². The van der Waals surface area contributed by atoms with Crippen LogP contribution in [0.2, 0.25) is 10.0 Å². The molecule has 0 bridgehead atoms. The molecule has 2 aromatic carbocycles. The van der Waals surface area contributed by atoms with Crippen LogP contribution in [0.25, 0.3) is 10.2 Å². The summed E-state index contributed by atoms with van der Waals surface area (Å²) in [5.74, 6) is 0.186. The normalized spacial score (nSPS) is 20.5. The van der Waals surface area contributed by atoms with Gasteiger partial charge in [0.1, 0.15) is 0 Å².